The van der Waals surface area contributed by atoms with Gasteiger partial charge in [-0.3, -0.25) is 0 Å². The third-order valence-corrected chi connectivity index (χ3v) is 8.73. The second-order valence-electron chi connectivity index (χ2n) is 12.0. The lowest BCUT2D eigenvalue weighted by Gasteiger charge is -2.11. The molecule has 5 heterocycles. The topological polar surface area (TPSA) is 73.1 Å². The highest BCUT2D eigenvalue weighted by molar-refractivity contribution is 6.26. The highest BCUT2D eigenvalue weighted by Gasteiger charge is 2.23. The van der Waals surface area contributed by atoms with Crippen LogP contribution >= 0.6 is 0 Å². The van der Waals surface area contributed by atoms with Crippen LogP contribution in [0.5, 0.6) is 0 Å². The Morgan fingerprint density at radius 3 is 1.50 bits per heavy atom. The Bertz CT molecular complexity index is 1690. The summed E-state index contributed by atoms with van der Waals surface area (Å²) >= 11 is 0. The lowest BCUT2D eigenvalue weighted by atomic mass is 10.0. The van der Waals surface area contributed by atoms with Crippen LogP contribution < -0.4 is 10.6 Å². The van der Waals surface area contributed by atoms with Crippen molar-refractivity contribution in [1.82, 2.24) is 4.98 Å². The third kappa shape index (κ3) is 6.88. The van der Waals surface area contributed by atoms with Crippen molar-refractivity contribution in [3.05, 3.63) is 99.4 Å². The number of H-pyrrole nitrogens is 1. The van der Waals surface area contributed by atoms with Gasteiger partial charge in [0, 0.05) is 33.2 Å². The van der Waals surface area contributed by atoms with Crippen LogP contribution in [0.1, 0.15) is 110 Å². The van der Waals surface area contributed by atoms with Crippen molar-refractivity contribution < 1.29 is 5.11 Å². The van der Waals surface area contributed by atoms with E-state index in [2.05, 4.69) is 75.2 Å². The van der Waals surface area contributed by atoms with Gasteiger partial charge in [0.25, 0.3) is 0 Å². The molecule has 0 atom stereocenters. The zero-order valence-electron chi connectivity index (χ0n) is 27.0. The molecule has 0 fully saturated rings. The molecule has 230 valence electrons. The molecule has 8 bridgehead atoms. The van der Waals surface area contributed by atoms with Gasteiger partial charge in [0.05, 0.1) is 45.8 Å². The Morgan fingerprint density at radius 2 is 1.02 bits per heavy atom. The van der Waals surface area contributed by atoms with Gasteiger partial charge in [-0.25, -0.2) is 15.0 Å². The fourth-order valence-corrected chi connectivity index (χ4v) is 6.23. The summed E-state index contributed by atoms with van der Waals surface area (Å²) in [5, 5.41) is 11.7. The molecule has 5 heteroatoms. The Kier molecular flexibility index (Phi) is 10.8. The average Bonchev–Trinajstić information content (AvgIpc) is 3.85. The zero-order chi connectivity index (χ0) is 30.9. The predicted molar refractivity (Wildman–Crippen MR) is 188 cm³/mol. The summed E-state index contributed by atoms with van der Waals surface area (Å²) in [4.78, 5) is 19.7. The number of aliphatic imine (C=N–C) groups is 3. The van der Waals surface area contributed by atoms with Crippen LogP contribution in [-0.2, 0) is 0 Å². The molecule has 4 aliphatic rings. The minimum Gasteiger partial charge on any atom is -0.516 e. The van der Waals surface area contributed by atoms with Crippen LogP contribution in [0.2, 0.25) is 0 Å². The van der Waals surface area contributed by atoms with Gasteiger partial charge in [-0.1, -0.05) is 53.4 Å². The molecular weight excluding hydrogens is 540 g/mol. The molecule has 0 saturated heterocycles. The van der Waals surface area contributed by atoms with E-state index in [0.717, 1.165) is 134 Å². The van der Waals surface area contributed by atoms with Gasteiger partial charge in [-0.05, 0) is 106 Å². The summed E-state index contributed by atoms with van der Waals surface area (Å²) in [6, 6.07) is 2.23. The van der Waals surface area contributed by atoms with E-state index < -0.39 is 0 Å². The molecule has 1 aromatic heterocycles. The lowest BCUT2D eigenvalue weighted by molar-refractivity contribution is 0.474. The van der Waals surface area contributed by atoms with Gasteiger partial charge >= 0.3 is 0 Å². The summed E-state index contributed by atoms with van der Waals surface area (Å²) in [5.41, 5.74) is 12.1. The summed E-state index contributed by atoms with van der Waals surface area (Å²) in [6.45, 7) is 8.95. The standard InChI is InChI=1S/C39H48N4O/c1-5-9-15-28-32-19-20-33(40-32)29(16-10-6-2)35-23-24-37(42-35)31(18-12-8-4)39-27(14-13-25-44)26-38(43-39)30(17-11-7-3)36-22-21-34(28)41-36/h13-14,19-26,43-44H,5-12,15-18H2,1-4H3. The van der Waals surface area contributed by atoms with E-state index in [1.54, 1.807) is 6.08 Å². The van der Waals surface area contributed by atoms with Crippen LogP contribution in [-0.4, -0.2) is 27.2 Å². The van der Waals surface area contributed by atoms with Gasteiger partial charge in [0.1, 0.15) is 0 Å². The van der Waals surface area contributed by atoms with Crippen LogP contribution in [0.4, 0.5) is 0 Å². The molecular formula is C39H48N4O. The highest BCUT2D eigenvalue weighted by atomic mass is 16.2. The van der Waals surface area contributed by atoms with Gasteiger partial charge in [-0.15, -0.1) is 0 Å². The minimum atomic E-state index is 0.915. The normalized spacial score (nSPS) is 18.1. The second kappa shape index (κ2) is 15.1. The molecule has 0 saturated carbocycles. The first-order valence-electron chi connectivity index (χ1n) is 16.9. The van der Waals surface area contributed by atoms with Crippen molar-refractivity contribution in [3.8, 4) is 0 Å². The second-order valence-corrected chi connectivity index (χ2v) is 12.0. The quantitative estimate of drug-likeness (QED) is 0.222. The number of unbranched alkanes of at least 4 members (excludes halogenated alkanes) is 4. The Morgan fingerprint density at radius 1 is 0.591 bits per heavy atom. The number of allylic oxidation sites excluding steroid dienone is 10. The van der Waals surface area contributed by atoms with Gasteiger partial charge in [0.15, 0.2) is 0 Å². The molecule has 0 aliphatic carbocycles. The van der Waals surface area contributed by atoms with Crippen molar-refractivity contribution in [2.45, 2.75) is 105 Å². The number of hydrogen-bond donors (Lipinski definition) is 2. The van der Waals surface area contributed by atoms with E-state index in [-0.39, 0.29) is 0 Å². The fraction of sp³-hybridized carbons (Fsp3) is 0.410. The van der Waals surface area contributed by atoms with E-state index in [0.29, 0.717) is 0 Å². The number of fused-ring (bicyclic) bond motifs is 5. The first-order valence-corrected chi connectivity index (χ1v) is 16.9. The molecule has 0 radical (unpaired) electrons. The van der Waals surface area contributed by atoms with E-state index in [4.69, 9.17) is 15.0 Å². The number of aromatic amines is 1. The first kappa shape index (κ1) is 31.4. The summed E-state index contributed by atoms with van der Waals surface area (Å²) in [6.07, 6.45) is 30.5. The molecule has 1 aromatic rings. The van der Waals surface area contributed by atoms with Gasteiger partial charge < -0.3 is 10.1 Å². The predicted octanol–water partition coefficient (Wildman–Crippen LogP) is 9.04. The number of nitrogens with one attached hydrogen (secondary N) is 1. The lowest BCUT2D eigenvalue weighted by Crippen LogP contribution is -2.27. The monoisotopic (exact) mass is 588 g/mol. The summed E-state index contributed by atoms with van der Waals surface area (Å²) < 4.78 is 0. The minimum absolute atomic E-state index is 0.915. The van der Waals surface area contributed by atoms with Crippen LogP contribution in [0, 0.1) is 0 Å². The van der Waals surface area contributed by atoms with Crippen molar-refractivity contribution in [2.75, 3.05) is 0 Å². The van der Waals surface area contributed by atoms with E-state index >= 15 is 0 Å². The number of aromatic nitrogens is 1. The fourth-order valence-electron chi connectivity index (χ4n) is 6.23. The molecule has 4 aliphatic heterocycles. The van der Waals surface area contributed by atoms with Crippen molar-refractivity contribution in [3.63, 3.8) is 0 Å². The summed E-state index contributed by atoms with van der Waals surface area (Å²) in [5.74, 6) is 0. The van der Waals surface area contributed by atoms with Crippen LogP contribution in [0.3, 0.4) is 0 Å². The molecule has 0 amide bonds. The highest BCUT2D eigenvalue weighted by Crippen LogP contribution is 2.33. The summed E-state index contributed by atoms with van der Waals surface area (Å²) in [7, 11) is 0. The van der Waals surface area contributed by atoms with Crippen molar-refractivity contribution in [1.29, 1.82) is 0 Å². The van der Waals surface area contributed by atoms with E-state index in [1.807, 2.05) is 6.08 Å². The van der Waals surface area contributed by atoms with Crippen LogP contribution in [0.15, 0.2) is 98.1 Å². The SMILES string of the molecule is CCCCC1=C2C=CC(=N2)C(CCCC)=C2C=CC(=N2)C(CCCC)=c2[nH]c(cc2=CC=CO)C(CCCC)=C2C=CC1=N2. The zero-order valence-corrected chi connectivity index (χ0v) is 27.0. The average molecular weight is 589 g/mol. The van der Waals surface area contributed by atoms with Crippen molar-refractivity contribution in [2.24, 2.45) is 15.0 Å². The molecule has 44 heavy (non-hydrogen) atoms. The number of nitrogens with zero attached hydrogens (tertiary/aromatic N) is 3. The maximum absolute atomic E-state index is 9.58. The molecule has 5 rings (SSSR count). The van der Waals surface area contributed by atoms with E-state index in [1.165, 1.54) is 22.3 Å². The molecule has 2 N–H and O–H groups in total. The maximum Gasteiger partial charge on any atom is 0.0791 e. The number of aliphatic hydroxyl groups is 1. The largest absolute Gasteiger partial charge is 0.516 e. The van der Waals surface area contributed by atoms with Crippen molar-refractivity contribution >= 4 is 34.4 Å². The maximum atomic E-state index is 9.58. The number of rotatable bonds is 13. The van der Waals surface area contributed by atoms with Gasteiger partial charge in [0.2, 0.25) is 0 Å². The Balaban J connectivity index is 1.85. The molecule has 0 aromatic carbocycles. The molecule has 0 unspecified atom stereocenters. The number of aliphatic hydroxyl groups excluding tert-OH is 1. The molecule has 5 nitrogen and oxygen atoms in total. The first-order chi connectivity index (χ1) is 21.6. The van der Waals surface area contributed by atoms with Crippen LogP contribution in [0.25, 0.3) is 17.2 Å². The number of hydrogen-bond acceptors (Lipinski definition) is 4. The Labute approximate surface area is 263 Å². The smallest absolute Gasteiger partial charge is 0.0791 e. The molecule has 0 spiro atoms. The Hall–Kier alpha value is -3.99. The third-order valence-electron chi connectivity index (χ3n) is 8.73. The van der Waals surface area contributed by atoms with E-state index in [9.17, 15) is 5.11 Å². The van der Waals surface area contributed by atoms with Gasteiger partial charge in [-0.2, -0.15) is 0 Å².